The Morgan fingerprint density at radius 2 is 1.84 bits per heavy atom. The first kappa shape index (κ1) is 26.6. The molecule has 0 radical (unpaired) electrons. The number of nitrogens with zero attached hydrogens (tertiary/aromatic N) is 4. The van der Waals surface area contributed by atoms with Gasteiger partial charge in [0.2, 0.25) is 0 Å². The highest BCUT2D eigenvalue weighted by Crippen LogP contribution is 2.40. The predicted octanol–water partition coefficient (Wildman–Crippen LogP) is 7.33. The standard InChI is InChI=1S/C30H34Cl2N4O2/c1-7-21-16-35-28-23(10-8-11-25(28)26-19(4)33-34(6)20(26)5)24(29(35)30(37)36(21)32)12-9-13-38-22-14-17(2)27(31)18(3)15-22/h8,10-11,14-15,21H,7,9,12-13,16H2,1-6H3/t21-/m1/s1. The Kier molecular flexibility index (Phi) is 7.23. The maximum Gasteiger partial charge on any atom is 0.285 e. The van der Waals surface area contributed by atoms with E-state index in [9.17, 15) is 4.79 Å². The summed E-state index contributed by atoms with van der Waals surface area (Å²) >= 11 is 12.9. The number of carbonyl (C=O) groups excluding carboxylic acids is 1. The maximum absolute atomic E-state index is 13.6. The van der Waals surface area contributed by atoms with Gasteiger partial charge in [-0.1, -0.05) is 36.7 Å². The Bertz CT molecular complexity index is 1530. The van der Waals surface area contributed by atoms with Gasteiger partial charge in [-0.05, 0) is 75.8 Å². The quantitative estimate of drug-likeness (QED) is 0.178. The molecule has 0 saturated heterocycles. The summed E-state index contributed by atoms with van der Waals surface area (Å²) < 4.78 is 11.6. The Morgan fingerprint density at radius 3 is 2.47 bits per heavy atom. The van der Waals surface area contributed by atoms with Crippen LogP contribution in [0.1, 0.15) is 58.3 Å². The molecule has 38 heavy (non-hydrogen) atoms. The van der Waals surface area contributed by atoms with Gasteiger partial charge in [-0.25, -0.2) is 4.42 Å². The van der Waals surface area contributed by atoms with Crippen LogP contribution in [0.25, 0.3) is 22.0 Å². The number of benzene rings is 2. The highest BCUT2D eigenvalue weighted by molar-refractivity contribution is 6.32. The minimum absolute atomic E-state index is 0.0658. The fourth-order valence-corrected chi connectivity index (χ4v) is 6.18. The fraction of sp³-hybridized carbons (Fsp3) is 0.400. The summed E-state index contributed by atoms with van der Waals surface area (Å²) in [4.78, 5) is 13.6. The van der Waals surface area contributed by atoms with Crippen LogP contribution >= 0.6 is 23.4 Å². The van der Waals surface area contributed by atoms with Crippen molar-refractivity contribution >= 4 is 40.2 Å². The Balaban J connectivity index is 1.56. The monoisotopic (exact) mass is 552 g/mol. The summed E-state index contributed by atoms with van der Waals surface area (Å²) in [6, 6.07) is 10.2. The van der Waals surface area contributed by atoms with Gasteiger partial charge in [-0.2, -0.15) is 5.10 Å². The number of hydrogen-bond acceptors (Lipinski definition) is 3. The number of ether oxygens (including phenoxy) is 1. The Morgan fingerprint density at radius 1 is 1.13 bits per heavy atom. The Hall–Kier alpha value is -2.96. The summed E-state index contributed by atoms with van der Waals surface area (Å²) in [5, 5.41) is 6.53. The molecule has 0 aliphatic carbocycles. The van der Waals surface area contributed by atoms with Crippen LogP contribution in [0.2, 0.25) is 5.02 Å². The molecule has 0 fully saturated rings. The molecular formula is C30H34Cl2N4O2. The van der Waals surface area contributed by atoms with Crippen LogP contribution in [0.15, 0.2) is 30.3 Å². The molecule has 0 bridgehead atoms. The highest BCUT2D eigenvalue weighted by atomic mass is 35.5. The average molecular weight is 554 g/mol. The van der Waals surface area contributed by atoms with E-state index in [1.165, 1.54) is 4.42 Å². The first-order valence-corrected chi connectivity index (χ1v) is 13.9. The molecule has 0 unspecified atom stereocenters. The summed E-state index contributed by atoms with van der Waals surface area (Å²) in [6.45, 7) is 11.4. The van der Waals surface area contributed by atoms with E-state index in [1.54, 1.807) is 0 Å². The van der Waals surface area contributed by atoms with Crippen molar-refractivity contribution in [1.29, 1.82) is 0 Å². The van der Waals surface area contributed by atoms with Crippen LogP contribution in [0.4, 0.5) is 0 Å². The van der Waals surface area contributed by atoms with Crippen molar-refractivity contribution in [1.82, 2.24) is 18.8 Å². The van der Waals surface area contributed by atoms with Crippen molar-refractivity contribution in [3.05, 3.63) is 69.1 Å². The van der Waals surface area contributed by atoms with Crippen molar-refractivity contribution in [3.8, 4) is 16.9 Å². The third-order valence-corrected chi connectivity index (χ3v) is 8.82. The third-order valence-electron chi connectivity index (χ3n) is 7.80. The third kappa shape index (κ3) is 4.38. The fourth-order valence-electron chi connectivity index (χ4n) is 5.79. The smallest absolute Gasteiger partial charge is 0.285 e. The van der Waals surface area contributed by atoms with Gasteiger partial charge in [0.05, 0.1) is 23.9 Å². The van der Waals surface area contributed by atoms with E-state index < -0.39 is 0 Å². The molecule has 6 nitrogen and oxygen atoms in total. The summed E-state index contributed by atoms with van der Waals surface area (Å²) in [6.07, 6.45) is 2.24. The molecule has 0 spiro atoms. The van der Waals surface area contributed by atoms with Gasteiger partial charge in [0.25, 0.3) is 5.91 Å². The van der Waals surface area contributed by atoms with E-state index in [0.29, 0.717) is 25.3 Å². The van der Waals surface area contributed by atoms with Crippen LogP contribution in [-0.4, -0.2) is 37.3 Å². The molecule has 1 aliphatic heterocycles. The molecule has 2 aromatic carbocycles. The lowest BCUT2D eigenvalue weighted by atomic mass is 9.98. The molecule has 3 heterocycles. The number of hydrogen-bond donors (Lipinski definition) is 0. The van der Waals surface area contributed by atoms with Crippen LogP contribution in [-0.2, 0) is 20.0 Å². The zero-order chi connectivity index (χ0) is 27.3. The largest absolute Gasteiger partial charge is 0.494 e. The summed E-state index contributed by atoms with van der Waals surface area (Å²) in [5.41, 5.74) is 9.09. The Labute approximate surface area is 234 Å². The molecule has 200 valence electrons. The lowest BCUT2D eigenvalue weighted by molar-refractivity contribution is 0.0763. The SMILES string of the molecule is CC[C@@H]1Cn2c(c(CCCOc3cc(C)c(Cl)c(C)c3)c3cccc(-c4c(C)nn(C)c4C)c32)C(=O)N1Cl. The predicted molar refractivity (Wildman–Crippen MR) is 154 cm³/mol. The van der Waals surface area contributed by atoms with Crippen molar-refractivity contribution in [2.45, 2.75) is 66.5 Å². The minimum Gasteiger partial charge on any atom is -0.494 e. The molecule has 8 heteroatoms. The van der Waals surface area contributed by atoms with Crippen LogP contribution in [0.5, 0.6) is 5.75 Å². The van der Waals surface area contributed by atoms with Crippen molar-refractivity contribution in [2.24, 2.45) is 7.05 Å². The number of fused-ring (bicyclic) bond motifs is 3. The molecule has 2 aromatic heterocycles. The second kappa shape index (κ2) is 10.3. The second-order valence-corrected chi connectivity index (χ2v) is 11.1. The number of halogens is 2. The molecule has 0 saturated carbocycles. The normalized spacial score (nSPS) is 15.4. The zero-order valence-electron chi connectivity index (χ0n) is 22.9. The first-order valence-electron chi connectivity index (χ1n) is 13.2. The van der Waals surface area contributed by atoms with E-state index in [0.717, 1.165) is 73.7 Å². The number of rotatable bonds is 7. The van der Waals surface area contributed by atoms with Gasteiger partial charge in [-0.3, -0.25) is 9.48 Å². The van der Waals surface area contributed by atoms with Gasteiger partial charge >= 0.3 is 0 Å². The van der Waals surface area contributed by atoms with E-state index in [2.05, 4.69) is 41.7 Å². The first-order chi connectivity index (χ1) is 18.1. The second-order valence-electron chi connectivity index (χ2n) is 10.3. The molecule has 4 aromatic rings. The number of para-hydroxylation sites is 1. The van der Waals surface area contributed by atoms with Crippen LogP contribution in [0.3, 0.4) is 0 Å². The number of carbonyl (C=O) groups is 1. The average Bonchev–Trinajstić information content (AvgIpc) is 3.34. The highest BCUT2D eigenvalue weighted by Gasteiger charge is 2.36. The van der Waals surface area contributed by atoms with Gasteiger partial charge < -0.3 is 9.30 Å². The van der Waals surface area contributed by atoms with Gasteiger partial charge in [0.15, 0.2) is 0 Å². The van der Waals surface area contributed by atoms with E-state index in [1.807, 2.05) is 44.6 Å². The zero-order valence-corrected chi connectivity index (χ0v) is 24.4. The number of amides is 1. The van der Waals surface area contributed by atoms with Gasteiger partial charge in [-0.15, -0.1) is 0 Å². The van der Waals surface area contributed by atoms with E-state index >= 15 is 0 Å². The van der Waals surface area contributed by atoms with E-state index in [-0.39, 0.29) is 11.9 Å². The van der Waals surface area contributed by atoms with Crippen LogP contribution < -0.4 is 4.74 Å². The van der Waals surface area contributed by atoms with E-state index in [4.69, 9.17) is 28.1 Å². The molecule has 5 rings (SSSR count). The molecule has 1 atom stereocenters. The van der Waals surface area contributed by atoms with Crippen molar-refractivity contribution in [2.75, 3.05) is 6.61 Å². The van der Waals surface area contributed by atoms with Crippen molar-refractivity contribution < 1.29 is 9.53 Å². The molecule has 0 N–H and O–H groups in total. The molecule has 1 amide bonds. The van der Waals surface area contributed by atoms with Crippen LogP contribution in [0, 0.1) is 27.7 Å². The number of aryl methyl sites for hydroxylation is 5. The lowest BCUT2D eigenvalue weighted by Gasteiger charge is -2.31. The maximum atomic E-state index is 13.6. The molecular weight excluding hydrogens is 519 g/mol. The summed E-state index contributed by atoms with van der Waals surface area (Å²) in [5.74, 6) is 0.679. The van der Waals surface area contributed by atoms with Gasteiger partial charge in [0, 0.05) is 52.6 Å². The summed E-state index contributed by atoms with van der Waals surface area (Å²) in [7, 11) is 1.97. The molecule has 1 aliphatic rings. The minimum atomic E-state index is -0.133. The lowest BCUT2D eigenvalue weighted by Crippen LogP contribution is -2.42. The number of aromatic nitrogens is 3. The van der Waals surface area contributed by atoms with Gasteiger partial charge in [0.1, 0.15) is 11.4 Å². The van der Waals surface area contributed by atoms with Crippen molar-refractivity contribution in [3.63, 3.8) is 0 Å². The topological polar surface area (TPSA) is 52.3 Å².